The first-order chi connectivity index (χ1) is 9.90. The van der Waals surface area contributed by atoms with Gasteiger partial charge in [0, 0.05) is 16.8 Å². The summed E-state index contributed by atoms with van der Waals surface area (Å²) in [6, 6.07) is 3.16. The first kappa shape index (κ1) is 14.6. The van der Waals surface area contributed by atoms with E-state index in [-0.39, 0.29) is 0 Å². The number of thiophene rings is 1. The molecule has 1 N–H and O–H groups in total. The van der Waals surface area contributed by atoms with Gasteiger partial charge in [-0.25, -0.2) is 0 Å². The minimum absolute atomic E-state index is 0.740. The third kappa shape index (κ3) is 3.12. The molecule has 20 heavy (non-hydrogen) atoms. The van der Waals surface area contributed by atoms with Gasteiger partial charge in [-0.05, 0) is 68.0 Å². The molecule has 2 heteroatoms. The van der Waals surface area contributed by atoms with Crippen LogP contribution in [0.1, 0.15) is 74.6 Å². The molecule has 2 unspecified atom stereocenters. The van der Waals surface area contributed by atoms with Crippen molar-refractivity contribution in [3.05, 3.63) is 21.9 Å². The highest BCUT2D eigenvalue weighted by molar-refractivity contribution is 7.10. The minimum atomic E-state index is 0.740. The van der Waals surface area contributed by atoms with E-state index in [0.717, 1.165) is 17.9 Å². The van der Waals surface area contributed by atoms with Gasteiger partial charge < -0.3 is 5.32 Å². The fraction of sp³-hybridized carbons (Fsp3) is 0.778. The average molecular weight is 292 g/mol. The Morgan fingerprint density at radius 3 is 2.85 bits per heavy atom. The molecule has 1 saturated carbocycles. The number of nitrogens with one attached hydrogen (secondary N) is 1. The topological polar surface area (TPSA) is 12.0 Å². The molecular weight excluding hydrogens is 262 g/mol. The predicted octanol–water partition coefficient (Wildman–Crippen LogP) is 5.12. The molecule has 0 amide bonds. The fourth-order valence-electron chi connectivity index (χ4n) is 4.34. The van der Waals surface area contributed by atoms with Gasteiger partial charge in [0.2, 0.25) is 0 Å². The highest BCUT2D eigenvalue weighted by atomic mass is 32.1. The molecule has 1 fully saturated rings. The summed E-state index contributed by atoms with van der Waals surface area (Å²) in [7, 11) is 0. The van der Waals surface area contributed by atoms with Crippen molar-refractivity contribution >= 4 is 11.3 Å². The van der Waals surface area contributed by atoms with Crippen LogP contribution in [-0.4, -0.2) is 12.6 Å². The number of fused-ring (bicyclic) bond motifs is 1. The van der Waals surface area contributed by atoms with Crippen LogP contribution in [0.5, 0.6) is 0 Å². The third-order valence-electron chi connectivity index (χ3n) is 5.32. The molecule has 0 spiro atoms. The van der Waals surface area contributed by atoms with Gasteiger partial charge in [-0.3, -0.25) is 0 Å². The molecule has 3 rings (SSSR count). The molecule has 0 aliphatic heterocycles. The second kappa shape index (κ2) is 7.09. The third-order valence-corrected chi connectivity index (χ3v) is 6.32. The molecule has 1 nitrogen and oxygen atoms in total. The molecule has 0 saturated heterocycles. The average Bonchev–Trinajstić information content (AvgIpc) is 2.98. The lowest BCUT2D eigenvalue weighted by molar-refractivity contribution is 0.229. The van der Waals surface area contributed by atoms with E-state index in [4.69, 9.17) is 0 Å². The largest absolute Gasteiger partial charge is 0.313 e. The maximum Gasteiger partial charge on any atom is 0.0164 e. The Morgan fingerprint density at radius 1 is 1.20 bits per heavy atom. The van der Waals surface area contributed by atoms with Gasteiger partial charge in [0.05, 0.1) is 0 Å². The van der Waals surface area contributed by atoms with Crippen LogP contribution >= 0.6 is 11.3 Å². The van der Waals surface area contributed by atoms with E-state index in [1.807, 2.05) is 11.3 Å². The molecule has 112 valence electrons. The normalized spacial score (nSPS) is 25.4. The second-order valence-corrected chi connectivity index (χ2v) is 7.68. The summed E-state index contributed by atoms with van der Waals surface area (Å²) in [6.45, 7) is 3.49. The lowest BCUT2D eigenvalue weighted by atomic mass is 9.73. The van der Waals surface area contributed by atoms with Crippen molar-refractivity contribution in [3.63, 3.8) is 0 Å². The molecule has 0 radical (unpaired) electrons. The first-order valence-electron chi connectivity index (χ1n) is 8.69. The monoisotopic (exact) mass is 291 g/mol. The molecule has 2 atom stereocenters. The van der Waals surface area contributed by atoms with Crippen molar-refractivity contribution in [1.29, 1.82) is 0 Å². The van der Waals surface area contributed by atoms with Crippen molar-refractivity contribution in [3.8, 4) is 0 Å². The highest BCUT2D eigenvalue weighted by Crippen LogP contribution is 2.41. The van der Waals surface area contributed by atoms with E-state index in [1.54, 1.807) is 10.4 Å². The molecule has 0 bridgehead atoms. The predicted molar refractivity (Wildman–Crippen MR) is 88.7 cm³/mol. The first-order valence-corrected chi connectivity index (χ1v) is 9.57. The van der Waals surface area contributed by atoms with Crippen LogP contribution in [0.2, 0.25) is 0 Å². The van der Waals surface area contributed by atoms with Crippen LogP contribution in [0.4, 0.5) is 0 Å². The SMILES string of the molecule is CCCNC(C1CCCCC1)C1CCCc2sccc21. The van der Waals surface area contributed by atoms with Gasteiger partial charge in [-0.15, -0.1) is 11.3 Å². The van der Waals surface area contributed by atoms with Gasteiger partial charge in [-0.1, -0.05) is 26.2 Å². The van der Waals surface area contributed by atoms with E-state index in [2.05, 4.69) is 23.7 Å². The number of rotatable bonds is 5. The van der Waals surface area contributed by atoms with E-state index >= 15 is 0 Å². The number of hydrogen-bond acceptors (Lipinski definition) is 2. The Bertz CT molecular complexity index is 405. The standard InChI is InChI=1S/C18H29NS/c1-2-12-19-18(14-7-4-3-5-8-14)16-9-6-10-17-15(16)11-13-20-17/h11,13-14,16,18-19H,2-10,12H2,1H3. The summed E-state index contributed by atoms with van der Waals surface area (Å²) in [5.41, 5.74) is 1.69. The van der Waals surface area contributed by atoms with Crippen molar-refractivity contribution in [1.82, 2.24) is 5.32 Å². The zero-order valence-electron chi connectivity index (χ0n) is 12.9. The molecule has 1 heterocycles. The Kier molecular flexibility index (Phi) is 5.17. The van der Waals surface area contributed by atoms with E-state index in [1.165, 1.54) is 64.3 Å². The van der Waals surface area contributed by atoms with Crippen molar-refractivity contribution in [2.24, 2.45) is 5.92 Å². The van der Waals surface area contributed by atoms with Crippen LogP contribution in [-0.2, 0) is 6.42 Å². The van der Waals surface area contributed by atoms with Crippen LogP contribution < -0.4 is 5.32 Å². The minimum Gasteiger partial charge on any atom is -0.313 e. The second-order valence-electron chi connectivity index (χ2n) is 6.68. The maximum atomic E-state index is 3.94. The summed E-state index contributed by atoms with van der Waals surface area (Å²) in [5, 5.41) is 6.26. The number of aryl methyl sites for hydroxylation is 1. The van der Waals surface area contributed by atoms with Crippen molar-refractivity contribution in [2.45, 2.75) is 76.7 Å². The molecule has 2 aliphatic rings. The van der Waals surface area contributed by atoms with Gasteiger partial charge in [0.1, 0.15) is 0 Å². The van der Waals surface area contributed by atoms with E-state index in [0.29, 0.717) is 0 Å². The van der Waals surface area contributed by atoms with Crippen molar-refractivity contribution in [2.75, 3.05) is 6.54 Å². The van der Waals surface area contributed by atoms with Crippen LogP contribution in [0, 0.1) is 5.92 Å². The van der Waals surface area contributed by atoms with Gasteiger partial charge in [0.25, 0.3) is 0 Å². The summed E-state index contributed by atoms with van der Waals surface area (Å²) in [5.74, 6) is 1.71. The summed E-state index contributed by atoms with van der Waals surface area (Å²) in [4.78, 5) is 1.68. The molecule has 0 aromatic carbocycles. The van der Waals surface area contributed by atoms with E-state index in [9.17, 15) is 0 Å². The molecular formula is C18H29NS. The zero-order valence-corrected chi connectivity index (χ0v) is 13.7. The molecule has 2 aliphatic carbocycles. The van der Waals surface area contributed by atoms with Gasteiger partial charge in [0.15, 0.2) is 0 Å². The van der Waals surface area contributed by atoms with Gasteiger partial charge >= 0.3 is 0 Å². The maximum absolute atomic E-state index is 3.94. The Labute approximate surface area is 128 Å². The Hall–Kier alpha value is -0.340. The molecule has 1 aromatic rings. The summed E-state index contributed by atoms with van der Waals surface area (Å²) in [6.07, 6.45) is 12.7. The Balaban J connectivity index is 1.78. The van der Waals surface area contributed by atoms with Crippen LogP contribution in [0.15, 0.2) is 11.4 Å². The fourth-order valence-corrected chi connectivity index (χ4v) is 5.33. The van der Waals surface area contributed by atoms with Crippen molar-refractivity contribution < 1.29 is 0 Å². The number of hydrogen-bond donors (Lipinski definition) is 1. The van der Waals surface area contributed by atoms with E-state index < -0.39 is 0 Å². The smallest absolute Gasteiger partial charge is 0.0164 e. The summed E-state index contributed by atoms with van der Waals surface area (Å²) >= 11 is 1.99. The lowest BCUT2D eigenvalue weighted by Crippen LogP contribution is -2.43. The zero-order chi connectivity index (χ0) is 13.8. The lowest BCUT2D eigenvalue weighted by Gasteiger charge is -2.38. The molecule has 1 aromatic heterocycles. The quantitative estimate of drug-likeness (QED) is 0.794. The highest BCUT2D eigenvalue weighted by Gasteiger charge is 2.33. The van der Waals surface area contributed by atoms with Crippen LogP contribution in [0.25, 0.3) is 0 Å². The van der Waals surface area contributed by atoms with Crippen LogP contribution in [0.3, 0.4) is 0 Å². The van der Waals surface area contributed by atoms with Gasteiger partial charge in [-0.2, -0.15) is 0 Å². The summed E-state index contributed by atoms with van der Waals surface area (Å²) < 4.78 is 0. The Morgan fingerprint density at radius 2 is 2.05 bits per heavy atom.